The summed E-state index contributed by atoms with van der Waals surface area (Å²) in [6.07, 6.45) is 7.50. The number of carbonyl (C=O) groups excluding carboxylic acids is 1. The number of thioether (sulfide) groups is 1. The first-order chi connectivity index (χ1) is 15.0. The average Bonchev–Trinajstić information content (AvgIpc) is 3.39. The zero-order valence-corrected chi connectivity index (χ0v) is 18.1. The smallest absolute Gasteiger partial charge is 0.265 e. The lowest BCUT2D eigenvalue weighted by Gasteiger charge is -2.32. The Morgan fingerprint density at radius 1 is 1.23 bits per heavy atom. The van der Waals surface area contributed by atoms with Gasteiger partial charge in [0.2, 0.25) is 5.91 Å². The first kappa shape index (κ1) is 20.2. The third kappa shape index (κ3) is 3.64. The molecule has 1 amide bonds. The molecule has 0 saturated heterocycles. The van der Waals surface area contributed by atoms with E-state index in [4.69, 9.17) is 0 Å². The van der Waals surface area contributed by atoms with Gasteiger partial charge >= 0.3 is 0 Å². The number of nitrogens with zero attached hydrogens (tertiary/aromatic N) is 5. The molecule has 162 valence electrons. The van der Waals surface area contributed by atoms with Crippen LogP contribution in [0.5, 0.6) is 0 Å². The molecule has 0 N–H and O–H groups in total. The molecule has 1 unspecified atom stereocenters. The molecule has 1 fully saturated rings. The van der Waals surface area contributed by atoms with Crippen molar-refractivity contribution in [2.45, 2.75) is 55.8 Å². The van der Waals surface area contributed by atoms with Crippen molar-refractivity contribution in [3.8, 4) is 5.69 Å². The van der Waals surface area contributed by atoms with Crippen LogP contribution in [0.1, 0.15) is 44.6 Å². The number of hydrogen-bond acceptors (Lipinski definition) is 5. The topological polar surface area (TPSA) is 73.0 Å². The number of fused-ring (bicyclic) bond motifs is 2. The van der Waals surface area contributed by atoms with Gasteiger partial charge in [-0.25, -0.2) is 14.1 Å². The molecule has 1 saturated carbocycles. The summed E-state index contributed by atoms with van der Waals surface area (Å²) < 4.78 is 16.5. The van der Waals surface area contributed by atoms with E-state index in [1.54, 1.807) is 21.4 Å². The van der Waals surface area contributed by atoms with Gasteiger partial charge in [-0.15, -0.1) is 0 Å². The molecular formula is C22H24FN5O2S. The molecule has 2 aromatic heterocycles. The maximum absolute atomic E-state index is 13.3. The number of carbonyl (C=O) groups is 1. The molecule has 9 heteroatoms. The van der Waals surface area contributed by atoms with Crippen LogP contribution in [0.3, 0.4) is 0 Å². The molecule has 3 heterocycles. The first-order valence-electron chi connectivity index (χ1n) is 10.7. The second kappa shape index (κ2) is 8.11. The Balaban J connectivity index is 1.43. The number of halogens is 1. The van der Waals surface area contributed by atoms with Crippen molar-refractivity contribution in [2.24, 2.45) is 0 Å². The quantitative estimate of drug-likeness (QED) is 0.579. The van der Waals surface area contributed by atoms with Crippen LogP contribution in [0.2, 0.25) is 0 Å². The van der Waals surface area contributed by atoms with E-state index in [1.165, 1.54) is 49.4 Å². The molecule has 1 aliphatic heterocycles. The maximum atomic E-state index is 13.3. The minimum absolute atomic E-state index is 0.0827. The molecule has 1 aliphatic carbocycles. The summed E-state index contributed by atoms with van der Waals surface area (Å²) in [5, 5.41) is 5.30. The van der Waals surface area contributed by atoms with Crippen molar-refractivity contribution in [1.82, 2.24) is 24.2 Å². The van der Waals surface area contributed by atoms with Crippen molar-refractivity contribution >= 4 is 28.7 Å². The van der Waals surface area contributed by atoms with Gasteiger partial charge in [-0.2, -0.15) is 5.10 Å². The second-order valence-corrected chi connectivity index (χ2v) is 9.29. The summed E-state index contributed by atoms with van der Waals surface area (Å²) in [5.74, 6) is 0.387. The zero-order valence-electron chi connectivity index (χ0n) is 17.3. The van der Waals surface area contributed by atoms with E-state index < -0.39 is 0 Å². The van der Waals surface area contributed by atoms with Gasteiger partial charge in [0.05, 0.1) is 17.9 Å². The molecule has 0 radical (unpaired) electrons. The highest BCUT2D eigenvalue weighted by molar-refractivity contribution is 7.99. The van der Waals surface area contributed by atoms with E-state index in [0.29, 0.717) is 40.1 Å². The highest BCUT2D eigenvalue weighted by atomic mass is 32.2. The first-order valence-corrected chi connectivity index (χ1v) is 11.7. The average molecular weight is 442 g/mol. The highest BCUT2D eigenvalue weighted by Gasteiger charge is 2.31. The van der Waals surface area contributed by atoms with Crippen LogP contribution < -0.4 is 5.56 Å². The van der Waals surface area contributed by atoms with E-state index in [1.807, 2.05) is 11.9 Å². The summed E-state index contributed by atoms with van der Waals surface area (Å²) >= 11 is 1.48. The normalized spacial score (nSPS) is 19.0. The lowest BCUT2D eigenvalue weighted by molar-refractivity contribution is -0.133. The van der Waals surface area contributed by atoms with Gasteiger partial charge in [0, 0.05) is 25.3 Å². The SMILES string of the molecule is CN(C(=O)CC1CSc2nc3c(cnn3-c3ccc(F)cc3)c(=O)n21)C1CCCCC1. The second-order valence-electron chi connectivity index (χ2n) is 8.31. The Morgan fingerprint density at radius 3 is 2.71 bits per heavy atom. The van der Waals surface area contributed by atoms with Crippen molar-refractivity contribution < 1.29 is 9.18 Å². The summed E-state index contributed by atoms with van der Waals surface area (Å²) in [6, 6.07) is 6.00. The van der Waals surface area contributed by atoms with Gasteiger partial charge in [-0.05, 0) is 37.1 Å². The molecular weight excluding hydrogens is 417 g/mol. The van der Waals surface area contributed by atoms with Gasteiger partial charge in [-0.1, -0.05) is 31.0 Å². The Kier molecular flexibility index (Phi) is 5.29. The number of aromatic nitrogens is 4. The maximum Gasteiger partial charge on any atom is 0.265 e. The monoisotopic (exact) mass is 441 g/mol. The summed E-state index contributed by atoms with van der Waals surface area (Å²) in [5.41, 5.74) is 0.898. The number of amides is 1. The highest BCUT2D eigenvalue weighted by Crippen LogP contribution is 2.34. The van der Waals surface area contributed by atoms with Crippen molar-refractivity contribution in [2.75, 3.05) is 12.8 Å². The van der Waals surface area contributed by atoms with Gasteiger partial charge in [0.15, 0.2) is 10.8 Å². The molecule has 1 aromatic carbocycles. The Labute approximate surface area is 183 Å². The van der Waals surface area contributed by atoms with Crippen LogP contribution in [0.4, 0.5) is 4.39 Å². The minimum atomic E-state index is -0.338. The van der Waals surface area contributed by atoms with E-state index in [2.05, 4.69) is 10.1 Å². The Bertz CT molecular complexity index is 1180. The molecule has 0 spiro atoms. The van der Waals surface area contributed by atoms with Gasteiger partial charge in [-0.3, -0.25) is 14.2 Å². The lowest BCUT2D eigenvalue weighted by Crippen LogP contribution is -2.39. The van der Waals surface area contributed by atoms with Crippen LogP contribution in [0, 0.1) is 5.82 Å². The lowest BCUT2D eigenvalue weighted by atomic mass is 9.94. The van der Waals surface area contributed by atoms with Gasteiger partial charge in [0.1, 0.15) is 11.2 Å². The number of rotatable bonds is 4. The fraction of sp³-hybridized carbons (Fsp3) is 0.455. The summed E-state index contributed by atoms with van der Waals surface area (Å²) in [4.78, 5) is 32.7. The Morgan fingerprint density at radius 2 is 1.97 bits per heavy atom. The molecule has 1 atom stereocenters. The van der Waals surface area contributed by atoms with E-state index in [-0.39, 0.29) is 23.3 Å². The number of benzene rings is 1. The Hall–Kier alpha value is -2.68. The molecule has 0 bridgehead atoms. The molecule has 5 rings (SSSR count). The van der Waals surface area contributed by atoms with Crippen LogP contribution in [-0.2, 0) is 4.79 Å². The zero-order chi connectivity index (χ0) is 21.5. The number of hydrogen-bond donors (Lipinski definition) is 0. The van der Waals surface area contributed by atoms with Crippen LogP contribution in [0.15, 0.2) is 40.4 Å². The minimum Gasteiger partial charge on any atom is -0.343 e. The standard InChI is InChI=1S/C22H24FN5O2S/c1-26(15-5-3-2-4-6-15)19(29)11-17-13-31-22-25-20-18(21(30)27(17)22)12-24-28(20)16-9-7-14(23)8-10-16/h7-10,12,15,17H,2-6,11,13H2,1H3. The molecule has 31 heavy (non-hydrogen) atoms. The predicted molar refractivity (Wildman–Crippen MR) is 117 cm³/mol. The molecule has 3 aromatic rings. The predicted octanol–water partition coefficient (Wildman–Crippen LogP) is 3.55. The largest absolute Gasteiger partial charge is 0.343 e. The van der Waals surface area contributed by atoms with Crippen LogP contribution in [-0.4, -0.2) is 49.0 Å². The van der Waals surface area contributed by atoms with Crippen molar-refractivity contribution in [3.05, 3.63) is 46.6 Å². The summed E-state index contributed by atoms with van der Waals surface area (Å²) in [7, 11) is 1.89. The van der Waals surface area contributed by atoms with E-state index >= 15 is 0 Å². The van der Waals surface area contributed by atoms with Crippen LogP contribution >= 0.6 is 11.8 Å². The van der Waals surface area contributed by atoms with E-state index in [9.17, 15) is 14.0 Å². The fourth-order valence-corrected chi connectivity index (χ4v) is 5.70. The van der Waals surface area contributed by atoms with Crippen molar-refractivity contribution in [1.29, 1.82) is 0 Å². The fourth-order valence-electron chi connectivity index (χ4n) is 4.57. The van der Waals surface area contributed by atoms with Crippen LogP contribution in [0.25, 0.3) is 16.7 Å². The third-order valence-electron chi connectivity index (χ3n) is 6.37. The third-order valence-corrected chi connectivity index (χ3v) is 7.47. The van der Waals surface area contributed by atoms with Crippen molar-refractivity contribution in [3.63, 3.8) is 0 Å². The molecule has 2 aliphatic rings. The van der Waals surface area contributed by atoms with Gasteiger partial charge < -0.3 is 4.90 Å². The molecule has 7 nitrogen and oxygen atoms in total. The summed E-state index contributed by atoms with van der Waals surface area (Å²) in [6.45, 7) is 0. The van der Waals surface area contributed by atoms with E-state index in [0.717, 1.165) is 12.8 Å². The van der Waals surface area contributed by atoms with Gasteiger partial charge in [0.25, 0.3) is 5.56 Å².